The van der Waals surface area contributed by atoms with Crippen LogP contribution in [0.15, 0.2) is 30.3 Å². The number of carbonyl (C=O) groups excluding carboxylic acids is 2. The summed E-state index contributed by atoms with van der Waals surface area (Å²) >= 11 is 7.57. The molecule has 26 heavy (non-hydrogen) atoms. The monoisotopic (exact) mass is 388 g/mol. The van der Waals surface area contributed by atoms with Gasteiger partial charge in [0.15, 0.2) is 0 Å². The van der Waals surface area contributed by atoms with Gasteiger partial charge in [0.05, 0.1) is 5.56 Å². The number of thiophene rings is 1. The number of nitrogens with two attached hydrogens (primary N) is 1. The van der Waals surface area contributed by atoms with Crippen molar-refractivity contribution in [3.8, 4) is 0 Å². The van der Waals surface area contributed by atoms with Gasteiger partial charge in [-0.15, -0.1) is 11.3 Å². The van der Waals surface area contributed by atoms with Crippen molar-refractivity contribution in [2.75, 3.05) is 5.32 Å². The second kappa shape index (κ2) is 8.52. The maximum absolute atomic E-state index is 12.3. The van der Waals surface area contributed by atoms with E-state index in [4.69, 9.17) is 17.3 Å². The number of carbonyl (C=O) groups is 2. The molecule has 1 heterocycles. The Balaban J connectivity index is 1.82. The third kappa shape index (κ3) is 4.34. The fraction of sp³-hybridized carbons (Fsp3) is 0.300. The number of nitrogens with one attached hydrogen (secondary N) is 1. The van der Waals surface area contributed by atoms with Gasteiger partial charge in [0.1, 0.15) is 5.00 Å². The molecule has 0 bridgehead atoms. The van der Waals surface area contributed by atoms with Gasteiger partial charge in [-0.25, -0.2) is 0 Å². The molecule has 0 spiro atoms. The summed E-state index contributed by atoms with van der Waals surface area (Å²) in [6, 6.07) is 7.29. The van der Waals surface area contributed by atoms with E-state index in [1.54, 1.807) is 12.1 Å². The first kappa shape index (κ1) is 18.7. The fourth-order valence-corrected chi connectivity index (χ4v) is 4.69. The summed E-state index contributed by atoms with van der Waals surface area (Å²) in [6.45, 7) is 0. The third-order valence-corrected chi connectivity index (χ3v) is 6.03. The maximum Gasteiger partial charge on any atom is 0.251 e. The van der Waals surface area contributed by atoms with Crippen LogP contribution >= 0.6 is 22.9 Å². The number of rotatable bonds is 4. The molecule has 1 aromatic heterocycles. The minimum absolute atomic E-state index is 0.304. The van der Waals surface area contributed by atoms with Gasteiger partial charge in [0, 0.05) is 16.0 Å². The Morgan fingerprint density at radius 2 is 1.85 bits per heavy atom. The van der Waals surface area contributed by atoms with Gasteiger partial charge in [-0.05, 0) is 49.0 Å². The van der Waals surface area contributed by atoms with Crippen molar-refractivity contribution in [3.05, 3.63) is 56.9 Å². The van der Waals surface area contributed by atoms with Crippen LogP contribution in [0.25, 0.3) is 6.08 Å². The van der Waals surface area contributed by atoms with E-state index in [1.165, 1.54) is 28.7 Å². The van der Waals surface area contributed by atoms with Crippen LogP contribution in [0.1, 0.15) is 52.0 Å². The molecule has 0 atom stereocenters. The zero-order valence-corrected chi connectivity index (χ0v) is 16.0. The molecule has 3 N–H and O–H groups in total. The molecule has 0 saturated carbocycles. The summed E-state index contributed by atoms with van der Waals surface area (Å²) in [5.74, 6) is -0.782. The number of anilines is 1. The first-order valence-corrected chi connectivity index (χ1v) is 9.93. The lowest BCUT2D eigenvalue weighted by atomic mass is 9.96. The Hall–Kier alpha value is -2.11. The van der Waals surface area contributed by atoms with Gasteiger partial charge in [-0.2, -0.15) is 0 Å². The zero-order valence-electron chi connectivity index (χ0n) is 14.4. The van der Waals surface area contributed by atoms with Crippen LogP contribution in [-0.2, 0) is 17.6 Å². The molecule has 1 aliphatic carbocycles. The van der Waals surface area contributed by atoms with E-state index in [1.807, 2.05) is 18.2 Å². The molecule has 136 valence electrons. The van der Waals surface area contributed by atoms with Crippen LogP contribution in [0.3, 0.4) is 0 Å². The lowest BCUT2D eigenvalue weighted by molar-refractivity contribution is -0.111. The van der Waals surface area contributed by atoms with Crippen molar-refractivity contribution in [1.29, 1.82) is 0 Å². The lowest BCUT2D eigenvalue weighted by Gasteiger charge is -2.10. The predicted octanol–water partition coefficient (Wildman–Crippen LogP) is 4.81. The van der Waals surface area contributed by atoms with Crippen molar-refractivity contribution < 1.29 is 9.59 Å². The molecule has 0 saturated heterocycles. The average Bonchev–Trinajstić information content (AvgIpc) is 2.90. The summed E-state index contributed by atoms with van der Waals surface area (Å²) in [6.07, 6.45) is 9.37. The van der Waals surface area contributed by atoms with E-state index in [0.29, 0.717) is 15.6 Å². The van der Waals surface area contributed by atoms with E-state index in [9.17, 15) is 9.59 Å². The van der Waals surface area contributed by atoms with Crippen LogP contribution in [0.2, 0.25) is 5.02 Å². The van der Waals surface area contributed by atoms with Crippen molar-refractivity contribution in [2.24, 2.45) is 5.73 Å². The Morgan fingerprint density at radius 3 is 2.58 bits per heavy atom. The highest BCUT2D eigenvalue weighted by Crippen LogP contribution is 2.36. The van der Waals surface area contributed by atoms with Crippen molar-refractivity contribution in [3.63, 3.8) is 0 Å². The smallest absolute Gasteiger partial charge is 0.251 e. The molecule has 3 rings (SSSR count). The average molecular weight is 389 g/mol. The van der Waals surface area contributed by atoms with Crippen LogP contribution in [0.4, 0.5) is 5.00 Å². The molecule has 1 aliphatic rings. The quantitative estimate of drug-likeness (QED) is 0.737. The fourth-order valence-electron chi connectivity index (χ4n) is 3.20. The molecule has 0 aliphatic heterocycles. The number of hydrogen-bond acceptors (Lipinski definition) is 3. The summed E-state index contributed by atoms with van der Waals surface area (Å²) in [5, 5.41) is 3.96. The maximum atomic E-state index is 12.3. The summed E-state index contributed by atoms with van der Waals surface area (Å²) in [7, 11) is 0. The lowest BCUT2D eigenvalue weighted by Crippen LogP contribution is -2.17. The van der Waals surface area contributed by atoms with Crippen molar-refractivity contribution in [1.82, 2.24) is 0 Å². The molecule has 2 aromatic rings. The third-order valence-electron chi connectivity index (χ3n) is 4.47. The van der Waals surface area contributed by atoms with Crippen molar-refractivity contribution >= 4 is 45.8 Å². The number of hydrogen-bond donors (Lipinski definition) is 2. The molecule has 0 radical (unpaired) electrons. The van der Waals surface area contributed by atoms with Crippen LogP contribution < -0.4 is 11.1 Å². The molecule has 0 fully saturated rings. The number of fused-ring (bicyclic) bond motifs is 1. The predicted molar refractivity (Wildman–Crippen MR) is 108 cm³/mol. The number of aryl methyl sites for hydroxylation is 1. The highest BCUT2D eigenvalue weighted by molar-refractivity contribution is 7.17. The molecular formula is C20H21ClN2O2S. The first-order chi connectivity index (χ1) is 12.6. The second-order valence-corrected chi connectivity index (χ2v) is 7.84. The summed E-state index contributed by atoms with van der Waals surface area (Å²) in [5.41, 5.74) is 7.88. The van der Waals surface area contributed by atoms with Crippen LogP contribution in [0, 0.1) is 0 Å². The molecule has 6 heteroatoms. The highest BCUT2D eigenvalue weighted by atomic mass is 35.5. The van der Waals surface area contributed by atoms with Crippen LogP contribution in [0.5, 0.6) is 0 Å². The van der Waals surface area contributed by atoms with Gasteiger partial charge >= 0.3 is 0 Å². The van der Waals surface area contributed by atoms with Gasteiger partial charge in [-0.3, -0.25) is 9.59 Å². The largest absolute Gasteiger partial charge is 0.365 e. The molecule has 1 aromatic carbocycles. The van der Waals surface area contributed by atoms with E-state index in [-0.39, 0.29) is 5.91 Å². The van der Waals surface area contributed by atoms with E-state index < -0.39 is 5.91 Å². The topological polar surface area (TPSA) is 72.2 Å². The number of amides is 2. The molecular weight excluding hydrogens is 368 g/mol. The second-order valence-electron chi connectivity index (χ2n) is 6.33. The SMILES string of the molecule is NC(=O)c1c(NC(=O)/C=C/c2ccccc2Cl)sc2c1CCCCCC2. The first-order valence-electron chi connectivity index (χ1n) is 8.74. The number of benzene rings is 1. The van der Waals surface area contributed by atoms with E-state index in [2.05, 4.69) is 5.32 Å². The Morgan fingerprint density at radius 1 is 1.12 bits per heavy atom. The van der Waals surface area contributed by atoms with Gasteiger partial charge in [0.25, 0.3) is 5.91 Å². The normalized spacial score (nSPS) is 14.5. The Labute approximate surface area is 162 Å². The van der Waals surface area contributed by atoms with E-state index >= 15 is 0 Å². The minimum atomic E-state index is -0.478. The minimum Gasteiger partial charge on any atom is -0.365 e. The standard InChI is InChI=1S/C20H21ClN2O2S/c21-15-9-6-5-7-13(15)11-12-17(24)23-20-18(19(22)25)14-8-3-1-2-4-10-16(14)26-20/h5-7,9,11-12H,1-4,8,10H2,(H2,22,25)(H,23,24)/b12-11+. The van der Waals surface area contributed by atoms with Crippen molar-refractivity contribution in [2.45, 2.75) is 38.5 Å². The summed E-state index contributed by atoms with van der Waals surface area (Å²) in [4.78, 5) is 25.5. The van der Waals surface area contributed by atoms with Gasteiger partial charge in [-0.1, -0.05) is 42.6 Å². The Bertz CT molecular complexity index is 857. The van der Waals surface area contributed by atoms with E-state index in [0.717, 1.165) is 43.2 Å². The Kier molecular flexibility index (Phi) is 6.12. The highest BCUT2D eigenvalue weighted by Gasteiger charge is 2.23. The molecule has 2 amide bonds. The molecule has 0 unspecified atom stereocenters. The molecule has 4 nitrogen and oxygen atoms in total. The van der Waals surface area contributed by atoms with Crippen LogP contribution in [-0.4, -0.2) is 11.8 Å². The number of halogens is 1. The van der Waals surface area contributed by atoms with Gasteiger partial charge in [0.2, 0.25) is 5.91 Å². The zero-order chi connectivity index (χ0) is 18.5. The number of primary amides is 1. The van der Waals surface area contributed by atoms with Gasteiger partial charge < -0.3 is 11.1 Å². The summed E-state index contributed by atoms with van der Waals surface area (Å²) < 4.78 is 0.